The van der Waals surface area contributed by atoms with Crippen molar-refractivity contribution in [3.8, 4) is 0 Å². The quantitative estimate of drug-likeness (QED) is 0.227. The van der Waals surface area contributed by atoms with Crippen LogP contribution in [0.4, 0.5) is 0 Å². The molecule has 0 bridgehead atoms. The predicted octanol–water partition coefficient (Wildman–Crippen LogP) is 2.14. The third kappa shape index (κ3) is 9.50. The summed E-state index contributed by atoms with van der Waals surface area (Å²) in [6.07, 6.45) is -2.78. The van der Waals surface area contributed by atoms with Gasteiger partial charge in [0.05, 0.1) is 13.2 Å². The number of ether oxygens (including phenoxy) is 6. The molecule has 0 unspecified atom stereocenters. The highest BCUT2D eigenvalue weighted by atomic mass is 16.7. The van der Waals surface area contributed by atoms with Gasteiger partial charge in [0.2, 0.25) is 12.4 Å². The van der Waals surface area contributed by atoms with Crippen molar-refractivity contribution in [2.24, 2.45) is 0 Å². The van der Waals surface area contributed by atoms with Gasteiger partial charge in [0.1, 0.15) is 0 Å². The molecule has 34 heavy (non-hydrogen) atoms. The summed E-state index contributed by atoms with van der Waals surface area (Å²) < 4.78 is 31.9. The van der Waals surface area contributed by atoms with Crippen LogP contribution in [0.5, 0.6) is 0 Å². The van der Waals surface area contributed by atoms with Crippen LogP contribution in [0.1, 0.15) is 66.2 Å². The molecule has 11 nitrogen and oxygen atoms in total. The number of carbonyl (C=O) groups is 5. The van der Waals surface area contributed by atoms with Gasteiger partial charge in [0.25, 0.3) is 0 Å². The Kier molecular flexibility index (Phi) is 12.9. The van der Waals surface area contributed by atoms with Crippen LogP contribution in [-0.4, -0.2) is 67.7 Å². The van der Waals surface area contributed by atoms with E-state index in [-0.39, 0.29) is 19.3 Å². The van der Waals surface area contributed by atoms with Crippen LogP contribution in [0.25, 0.3) is 0 Å². The monoisotopic (exact) mass is 486 g/mol. The molecule has 0 radical (unpaired) electrons. The Morgan fingerprint density at radius 2 is 1.12 bits per heavy atom. The molecule has 192 valence electrons. The smallest absolute Gasteiger partial charge is 0.333 e. The average molecular weight is 487 g/mol. The topological polar surface area (TPSA) is 141 Å². The zero-order valence-corrected chi connectivity index (χ0v) is 20.3. The third-order valence-electron chi connectivity index (χ3n) is 4.68. The van der Waals surface area contributed by atoms with E-state index in [1.54, 1.807) is 27.7 Å². The minimum atomic E-state index is -1.49. The highest BCUT2D eigenvalue weighted by Crippen LogP contribution is 2.30. The first-order chi connectivity index (χ1) is 16.2. The Hall–Kier alpha value is -2.95. The minimum absolute atomic E-state index is 0.0465. The van der Waals surface area contributed by atoms with Crippen molar-refractivity contribution >= 4 is 29.8 Å². The van der Waals surface area contributed by atoms with Gasteiger partial charge in [-0.1, -0.05) is 20.8 Å². The molecule has 1 rings (SSSR count). The lowest BCUT2D eigenvalue weighted by atomic mass is 9.98. The number of carbonyl (C=O) groups excluding carboxylic acids is 5. The molecule has 1 aliphatic rings. The van der Waals surface area contributed by atoms with E-state index < -0.39 is 60.6 Å². The maximum atomic E-state index is 12.4. The molecule has 1 fully saturated rings. The fourth-order valence-electron chi connectivity index (χ4n) is 3.09. The Labute approximate surface area is 199 Å². The number of methoxy groups -OCH3 is 1. The Morgan fingerprint density at radius 1 is 0.676 bits per heavy atom. The van der Waals surface area contributed by atoms with Crippen molar-refractivity contribution in [1.82, 2.24) is 0 Å². The zero-order valence-electron chi connectivity index (χ0n) is 20.3. The number of hydrogen-bond donors (Lipinski definition) is 0. The van der Waals surface area contributed by atoms with Gasteiger partial charge in [0, 0.05) is 31.4 Å². The summed E-state index contributed by atoms with van der Waals surface area (Å²) >= 11 is 0. The molecule has 5 atom stereocenters. The fourth-order valence-corrected chi connectivity index (χ4v) is 3.09. The predicted molar refractivity (Wildman–Crippen MR) is 116 cm³/mol. The maximum Gasteiger partial charge on any atom is 0.333 e. The van der Waals surface area contributed by atoms with E-state index in [4.69, 9.17) is 23.7 Å². The number of rotatable bonds is 12. The molecule has 0 amide bonds. The molecule has 0 spiro atoms. The van der Waals surface area contributed by atoms with E-state index in [1.165, 1.54) is 0 Å². The second-order valence-electron chi connectivity index (χ2n) is 7.62. The molecule has 11 heteroatoms. The van der Waals surface area contributed by atoms with E-state index in [9.17, 15) is 24.0 Å². The van der Waals surface area contributed by atoms with Gasteiger partial charge in [-0.2, -0.15) is 0 Å². The molecule has 0 saturated carbocycles. The van der Waals surface area contributed by atoms with E-state index in [2.05, 4.69) is 4.74 Å². The third-order valence-corrected chi connectivity index (χ3v) is 4.68. The second kappa shape index (κ2) is 15.0. The van der Waals surface area contributed by atoms with Crippen molar-refractivity contribution in [3.63, 3.8) is 0 Å². The van der Waals surface area contributed by atoms with Crippen LogP contribution in [0.2, 0.25) is 0 Å². The average Bonchev–Trinajstić information content (AvgIpc) is 2.77. The lowest BCUT2D eigenvalue weighted by Crippen LogP contribution is -2.61. The van der Waals surface area contributed by atoms with Crippen LogP contribution >= 0.6 is 0 Å². The Bertz CT molecular complexity index is 745. The van der Waals surface area contributed by atoms with Crippen LogP contribution in [0.3, 0.4) is 0 Å². The van der Waals surface area contributed by atoms with Gasteiger partial charge in [0.15, 0.2) is 12.2 Å². The van der Waals surface area contributed by atoms with E-state index in [0.717, 1.165) is 19.3 Å². The van der Waals surface area contributed by atoms with Crippen LogP contribution in [0, 0.1) is 0 Å². The van der Waals surface area contributed by atoms with Crippen LogP contribution < -0.4 is 0 Å². The molecule has 1 heterocycles. The van der Waals surface area contributed by atoms with Gasteiger partial charge in [-0.15, -0.1) is 0 Å². The second-order valence-corrected chi connectivity index (χ2v) is 7.62. The number of esters is 5. The Morgan fingerprint density at radius 3 is 1.59 bits per heavy atom. The summed E-state index contributed by atoms with van der Waals surface area (Å²) in [4.78, 5) is 60.4. The van der Waals surface area contributed by atoms with Crippen LogP contribution in [-0.2, 0) is 52.4 Å². The van der Waals surface area contributed by atoms with E-state index in [0.29, 0.717) is 19.3 Å². The van der Waals surface area contributed by atoms with E-state index >= 15 is 0 Å². The molecule has 1 aliphatic heterocycles. The molecule has 0 aromatic heterocycles. The summed E-state index contributed by atoms with van der Waals surface area (Å²) in [5.74, 6) is -3.57. The molecule has 0 aromatic rings. The largest absolute Gasteiger partial charge is 0.466 e. The standard InChI is InChI=1S/C23H34O11/c1-6-9-16(25)31-20-14(4)30-23(34-19(28)13-12-15(24)29-5)22(33-18(27)11-8-3)21(20)32-17(26)10-7-2/h12-14,20-23H,6-11H2,1-5H3/b13-12+/t14-,20+,21+,22-,23+/m0/s1. The molecular formula is C23H34O11. The maximum absolute atomic E-state index is 12.4. The summed E-state index contributed by atoms with van der Waals surface area (Å²) in [5.41, 5.74) is 0. The normalized spacial score (nSPS) is 24.2. The molecular weight excluding hydrogens is 452 g/mol. The first-order valence-electron chi connectivity index (χ1n) is 11.4. The van der Waals surface area contributed by atoms with Gasteiger partial charge in [-0.05, 0) is 26.2 Å². The Balaban J connectivity index is 3.28. The highest BCUT2D eigenvalue weighted by molar-refractivity contribution is 5.91. The van der Waals surface area contributed by atoms with Gasteiger partial charge >= 0.3 is 29.8 Å². The van der Waals surface area contributed by atoms with Crippen molar-refractivity contribution in [3.05, 3.63) is 12.2 Å². The zero-order chi connectivity index (χ0) is 25.7. The number of hydrogen-bond acceptors (Lipinski definition) is 11. The van der Waals surface area contributed by atoms with Crippen molar-refractivity contribution in [1.29, 1.82) is 0 Å². The highest BCUT2D eigenvalue weighted by Gasteiger charge is 2.52. The molecule has 0 N–H and O–H groups in total. The minimum Gasteiger partial charge on any atom is -0.466 e. The lowest BCUT2D eigenvalue weighted by molar-refractivity contribution is -0.293. The molecule has 0 aromatic carbocycles. The summed E-state index contributed by atoms with van der Waals surface area (Å²) in [7, 11) is 1.14. The van der Waals surface area contributed by atoms with Crippen molar-refractivity contribution in [2.45, 2.75) is 96.9 Å². The van der Waals surface area contributed by atoms with Gasteiger partial charge < -0.3 is 28.4 Å². The van der Waals surface area contributed by atoms with Gasteiger partial charge in [-0.25, -0.2) is 9.59 Å². The fraction of sp³-hybridized carbons (Fsp3) is 0.696. The summed E-state index contributed by atoms with van der Waals surface area (Å²) in [6, 6.07) is 0. The van der Waals surface area contributed by atoms with E-state index in [1.807, 2.05) is 0 Å². The van der Waals surface area contributed by atoms with Crippen molar-refractivity contribution in [2.75, 3.05) is 7.11 Å². The first kappa shape index (κ1) is 29.1. The summed E-state index contributed by atoms with van der Waals surface area (Å²) in [6.45, 7) is 6.89. The molecule has 0 aliphatic carbocycles. The molecule has 1 saturated heterocycles. The SMILES string of the molecule is CCCC(=O)O[C@H]1[C@H](OC(=O)CCC)[C@@H](OC(=O)/C=C/C(=O)OC)O[C@@H](C)[C@H]1OC(=O)CCC. The van der Waals surface area contributed by atoms with Gasteiger partial charge in [-0.3, -0.25) is 14.4 Å². The lowest BCUT2D eigenvalue weighted by Gasteiger charge is -2.43. The van der Waals surface area contributed by atoms with Crippen LogP contribution in [0.15, 0.2) is 12.2 Å². The van der Waals surface area contributed by atoms with Crippen molar-refractivity contribution < 1.29 is 52.4 Å². The first-order valence-corrected chi connectivity index (χ1v) is 11.4. The summed E-state index contributed by atoms with van der Waals surface area (Å²) in [5, 5.41) is 0.